The van der Waals surface area contributed by atoms with E-state index in [4.69, 9.17) is 17.2 Å². The molecule has 0 heterocycles. The molecule has 0 aliphatic carbocycles. The van der Waals surface area contributed by atoms with Crippen molar-refractivity contribution in [1.29, 1.82) is 0 Å². The van der Waals surface area contributed by atoms with E-state index in [1.165, 1.54) is 6.92 Å². The first-order chi connectivity index (χ1) is 17.0. The molecule has 214 valence electrons. The minimum atomic E-state index is -2.72. The lowest BCUT2D eigenvalue weighted by Crippen LogP contribution is -2.72. The summed E-state index contributed by atoms with van der Waals surface area (Å²) in [6, 6.07) is -5.58. The van der Waals surface area contributed by atoms with E-state index in [0.717, 1.165) is 0 Å². The number of aliphatic hydroxyl groups is 1. The van der Waals surface area contributed by atoms with E-state index >= 15 is 0 Å². The minimum absolute atomic E-state index is 0.0771. The first-order valence-corrected chi connectivity index (χ1v) is 13.2. The number of carboxylic acids is 1. The van der Waals surface area contributed by atoms with Gasteiger partial charge in [0, 0.05) is 5.75 Å². The van der Waals surface area contributed by atoms with Gasteiger partial charge in [0.1, 0.15) is 6.04 Å². The topological polar surface area (TPSA) is 219 Å². The molecular weight excluding hydrogens is 502 g/mol. The van der Waals surface area contributed by atoms with Crippen LogP contribution in [0.15, 0.2) is 0 Å². The highest BCUT2D eigenvalue weighted by Crippen LogP contribution is 2.30. The second-order valence-electron chi connectivity index (χ2n) is 10.2. The van der Waals surface area contributed by atoms with Gasteiger partial charge in [-0.3, -0.25) is 24.1 Å². The van der Waals surface area contributed by atoms with E-state index in [1.807, 2.05) is 0 Å². The van der Waals surface area contributed by atoms with Crippen LogP contribution in [-0.2, 0) is 24.0 Å². The quantitative estimate of drug-likeness (QED) is 0.0961. The van der Waals surface area contributed by atoms with Gasteiger partial charge >= 0.3 is 5.97 Å². The number of carbonyl (C=O) groups is 5. The highest BCUT2D eigenvalue weighted by atomic mass is 32.1. The van der Waals surface area contributed by atoms with Gasteiger partial charge in [0.05, 0.1) is 24.2 Å². The Hall–Kier alpha value is -2.06. The van der Waals surface area contributed by atoms with Crippen LogP contribution in [0.4, 0.5) is 0 Å². The second-order valence-corrected chi connectivity index (χ2v) is 10.5. The summed E-state index contributed by atoms with van der Waals surface area (Å²) in [5.41, 5.74) is 15.1. The van der Waals surface area contributed by atoms with Crippen LogP contribution >= 0.6 is 12.6 Å². The Morgan fingerprint density at radius 2 is 1.51 bits per heavy atom. The molecule has 0 saturated carbocycles. The van der Waals surface area contributed by atoms with Gasteiger partial charge in [0.2, 0.25) is 23.3 Å². The number of unbranched alkanes of at least 4 members (excludes halogenated alkanes) is 1. The van der Waals surface area contributed by atoms with Gasteiger partial charge in [-0.15, -0.1) is 0 Å². The molecule has 9 N–H and O–H groups in total. The fraction of sp³-hybridized carbons (Fsp3) is 0.792. The molecule has 6 unspecified atom stereocenters. The van der Waals surface area contributed by atoms with Crippen LogP contribution in [0, 0.1) is 11.8 Å². The summed E-state index contributed by atoms with van der Waals surface area (Å²) in [6.07, 6.45) is -1.01. The van der Waals surface area contributed by atoms with Gasteiger partial charge in [-0.05, 0) is 31.6 Å². The van der Waals surface area contributed by atoms with Crippen LogP contribution in [0.1, 0.15) is 67.2 Å². The molecule has 3 amide bonds. The zero-order valence-electron chi connectivity index (χ0n) is 22.6. The number of carbonyl (C=O) groups excluding carboxylic acids is 4. The molecule has 0 saturated heterocycles. The Morgan fingerprint density at radius 1 is 0.973 bits per heavy atom. The second kappa shape index (κ2) is 15.4. The molecule has 0 aromatic carbocycles. The first-order valence-electron chi connectivity index (χ1n) is 12.5. The molecule has 0 aromatic rings. The number of hydrogen-bond donors (Lipinski definition) is 7. The van der Waals surface area contributed by atoms with E-state index in [0.29, 0.717) is 11.3 Å². The van der Waals surface area contributed by atoms with Crippen molar-refractivity contribution in [2.75, 3.05) is 5.75 Å². The number of ketones is 1. The fourth-order valence-electron chi connectivity index (χ4n) is 3.75. The van der Waals surface area contributed by atoms with Gasteiger partial charge in [0.15, 0.2) is 5.78 Å². The van der Waals surface area contributed by atoms with Crippen LogP contribution in [0.5, 0.6) is 0 Å². The number of nitrogens with one attached hydrogen (secondary N) is 1. The number of nitrogens with zero attached hydrogens (tertiary/aromatic N) is 1. The molecule has 37 heavy (non-hydrogen) atoms. The molecule has 0 bridgehead atoms. The maximum absolute atomic E-state index is 14.0. The van der Waals surface area contributed by atoms with Crippen molar-refractivity contribution in [3.05, 3.63) is 0 Å². The van der Waals surface area contributed by atoms with E-state index in [2.05, 4.69) is 17.9 Å². The number of Topliss-reactive ketones (excluding diaryl/α,β-unsaturated/α-hetero) is 1. The number of amides is 3. The minimum Gasteiger partial charge on any atom is -0.479 e. The molecule has 0 radical (unpaired) electrons. The number of thiol groups is 1. The lowest BCUT2D eigenvalue weighted by atomic mass is 9.81. The number of carboxylic acid groups (broad SMARTS) is 1. The summed E-state index contributed by atoms with van der Waals surface area (Å²) in [4.78, 5) is 67.1. The normalized spacial score (nSPS) is 17.3. The molecule has 12 nitrogen and oxygen atoms in total. The fourth-order valence-corrected chi connectivity index (χ4v) is 4.01. The van der Waals surface area contributed by atoms with Crippen LogP contribution in [-0.4, -0.2) is 86.2 Å². The van der Waals surface area contributed by atoms with Crippen molar-refractivity contribution in [3.63, 3.8) is 0 Å². The molecule has 0 aliphatic heterocycles. The summed E-state index contributed by atoms with van der Waals surface area (Å²) in [7, 11) is 0. The van der Waals surface area contributed by atoms with Crippen molar-refractivity contribution in [3.8, 4) is 0 Å². The van der Waals surface area contributed by atoms with Crippen molar-refractivity contribution < 1.29 is 34.2 Å². The van der Waals surface area contributed by atoms with Crippen molar-refractivity contribution in [2.45, 2.75) is 103 Å². The molecule has 0 spiro atoms. The summed E-state index contributed by atoms with van der Waals surface area (Å²) in [6.45, 7) is 9.84. The van der Waals surface area contributed by atoms with Crippen LogP contribution in [0.3, 0.4) is 0 Å². The standard InChI is InChI=1S/C24H45N5O7S/c1-7-8-9-24(23(35)36,19(31)16(11-37)28-20(32)18(27)14(6)30)29(22(34)17(26)13(4)5)21(33)15(25)10-12(2)3/h12-18,30,37H,7-11,25-27H2,1-6H3,(H,28,32)(H,35,36). The van der Waals surface area contributed by atoms with Crippen molar-refractivity contribution in [2.24, 2.45) is 29.0 Å². The van der Waals surface area contributed by atoms with Gasteiger partial charge in [-0.25, -0.2) is 4.79 Å². The zero-order chi connectivity index (χ0) is 29.2. The number of aliphatic carboxylic acids is 1. The van der Waals surface area contributed by atoms with E-state index < -0.39 is 77.6 Å². The number of nitrogens with two attached hydrogens (primary N) is 3. The smallest absolute Gasteiger partial charge is 0.338 e. The highest BCUT2D eigenvalue weighted by Gasteiger charge is 2.58. The van der Waals surface area contributed by atoms with Crippen molar-refractivity contribution in [1.82, 2.24) is 10.2 Å². The lowest BCUT2D eigenvalue weighted by molar-refractivity contribution is -0.173. The third kappa shape index (κ3) is 8.74. The largest absolute Gasteiger partial charge is 0.479 e. The molecule has 0 fully saturated rings. The molecule has 6 atom stereocenters. The number of imide groups is 1. The summed E-state index contributed by atoms with van der Waals surface area (Å²) in [5, 5.41) is 22.5. The Labute approximate surface area is 224 Å². The maximum atomic E-state index is 14.0. The lowest BCUT2D eigenvalue weighted by Gasteiger charge is -2.42. The van der Waals surface area contributed by atoms with Crippen LogP contribution in [0.2, 0.25) is 0 Å². The third-order valence-electron chi connectivity index (χ3n) is 6.16. The summed E-state index contributed by atoms with van der Waals surface area (Å²) < 4.78 is 0. The van der Waals surface area contributed by atoms with Gasteiger partial charge in [-0.1, -0.05) is 47.5 Å². The van der Waals surface area contributed by atoms with E-state index in [9.17, 15) is 34.2 Å². The Kier molecular flexibility index (Phi) is 14.5. The predicted molar refractivity (Wildman–Crippen MR) is 142 cm³/mol. The maximum Gasteiger partial charge on any atom is 0.338 e. The highest BCUT2D eigenvalue weighted by molar-refractivity contribution is 7.80. The van der Waals surface area contributed by atoms with Crippen LogP contribution < -0.4 is 22.5 Å². The summed E-state index contributed by atoms with van der Waals surface area (Å²) in [5.74, 6) is -6.90. The number of aliphatic hydroxyl groups excluding tert-OH is 1. The zero-order valence-corrected chi connectivity index (χ0v) is 23.5. The third-order valence-corrected chi connectivity index (χ3v) is 6.53. The van der Waals surface area contributed by atoms with Crippen molar-refractivity contribution >= 4 is 42.1 Å². The average molecular weight is 548 g/mol. The molecule has 13 heteroatoms. The Bertz CT molecular complexity index is 823. The molecule has 0 aliphatic rings. The average Bonchev–Trinajstić information content (AvgIpc) is 2.81. The van der Waals surface area contributed by atoms with E-state index in [1.54, 1.807) is 34.6 Å². The first kappa shape index (κ1) is 34.9. The van der Waals surface area contributed by atoms with Gasteiger partial charge in [-0.2, -0.15) is 12.6 Å². The molecule has 0 aromatic heterocycles. The molecular formula is C24H45N5O7S. The van der Waals surface area contributed by atoms with E-state index in [-0.39, 0.29) is 24.5 Å². The molecule has 0 rings (SSSR count). The number of hydrogen-bond acceptors (Lipinski definition) is 10. The van der Waals surface area contributed by atoms with Crippen LogP contribution in [0.25, 0.3) is 0 Å². The van der Waals surface area contributed by atoms with Gasteiger partial charge < -0.3 is 32.7 Å². The number of rotatable bonds is 16. The summed E-state index contributed by atoms with van der Waals surface area (Å²) >= 11 is 4.10. The Morgan fingerprint density at radius 3 is 1.89 bits per heavy atom. The Balaban J connectivity index is 7.09. The predicted octanol–water partition coefficient (Wildman–Crippen LogP) is -0.596. The van der Waals surface area contributed by atoms with Gasteiger partial charge in [0.25, 0.3) is 0 Å². The monoisotopic (exact) mass is 547 g/mol. The SMILES string of the molecule is CCCCC(C(=O)O)(C(=O)C(CS)NC(=O)C(N)C(C)O)N(C(=O)C(N)CC(C)C)C(=O)C(N)C(C)C.